The summed E-state index contributed by atoms with van der Waals surface area (Å²) in [4.78, 5) is 25.8. The van der Waals surface area contributed by atoms with Crippen molar-refractivity contribution in [3.8, 4) is 22.8 Å². The molecule has 36 heavy (non-hydrogen) atoms. The van der Waals surface area contributed by atoms with E-state index in [4.69, 9.17) is 16.3 Å². The second kappa shape index (κ2) is 9.97. The van der Waals surface area contributed by atoms with Gasteiger partial charge in [-0.25, -0.2) is 14.2 Å². The number of rotatable bonds is 5. The average Bonchev–Trinajstić information content (AvgIpc) is 2.83. The van der Waals surface area contributed by atoms with E-state index in [9.17, 15) is 9.18 Å². The Hall–Kier alpha value is -4.56. The zero-order valence-corrected chi connectivity index (χ0v) is 19.8. The molecule has 7 nitrogen and oxygen atoms in total. The fourth-order valence-electron chi connectivity index (χ4n) is 3.50. The number of hydrogen-bond donors (Lipinski definition) is 2. The molecule has 0 aliphatic heterocycles. The van der Waals surface area contributed by atoms with Crippen LogP contribution in [-0.2, 0) is 0 Å². The quantitative estimate of drug-likeness (QED) is 0.266. The Morgan fingerprint density at radius 3 is 2.53 bits per heavy atom. The van der Waals surface area contributed by atoms with E-state index in [1.54, 1.807) is 54.9 Å². The molecule has 0 saturated heterocycles. The predicted molar refractivity (Wildman–Crippen MR) is 138 cm³/mol. The summed E-state index contributed by atoms with van der Waals surface area (Å²) in [5.74, 6) is 0.0791. The molecular weight excluding hydrogens is 481 g/mol. The van der Waals surface area contributed by atoms with Gasteiger partial charge in [0.15, 0.2) is 0 Å². The number of hydrogen-bond acceptors (Lipinski definition) is 5. The number of halogens is 2. The number of carbonyl (C=O) groups excluding carboxylic acids is 1. The number of carbonyl (C=O) groups is 1. The van der Waals surface area contributed by atoms with E-state index in [-0.39, 0.29) is 11.4 Å². The third kappa shape index (κ3) is 5.56. The molecule has 3 aromatic carbocycles. The molecule has 0 bridgehead atoms. The minimum Gasteiger partial charge on any atom is -0.457 e. The summed E-state index contributed by atoms with van der Waals surface area (Å²) in [6.07, 6.45) is 3.43. The molecule has 2 amide bonds. The van der Waals surface area contributed by atoms with E-state index in [2.05, 4.69) is 25.6 Å². The van der Waals surface area contributed by atoms with Gasteiger partial charge in [0.05, 0.1) is 22.9 Å². The number of fused-ring (bicyclic) bond motifs is 1. The summed E-state index contributed by atoms with van der Waals surface area (Å²) in [5, 5.41) is 5.72. The first kappa shape index (κ1) is 23.2. The maximum absolute atomic E-state index is 14.3. The van der Waals surface area contributed by atoms with Crippen molar-refractivity contribution < 1.29 is 13.9 Å². The van der Waals surface area contributed by atoms with Gasteiger partial charge in [-0.3, -0.25) is 9.97 Å². The first-order valence-corrected chi connectivity index (χ1v) is 11.3. The Kier molecular flexibility index (Phi) is 6.42. The molecule has 2 aromatic heterocycles. The molecule has 2 N–H and O–H groups in total. The van der Waals surface area contributed by atoms with Gasteiger partial charge in [0.25, 0.3) is 0 Å². The summed E-state index contributed by atoms with van der Waals surface area (Å²) in [5.41, 5.74) is 4.46. The zero-order chi connectivity index (χ0) is 25.1. The van der Waals surface area contributed by atoms with Gasteiger partial charge in [-0.15, -0.1) is 0 Å². The average molecular weight is 500 g/mol. The summed E-state index contributed by atoms with van der Waals surface area (Å²) in [6, 6.07) is 19.1. The molecule has 0 atom stereocenters. The van der Waals surface area contributed by atoms with Gasteiger partial charge >= 0.3 is 6.03 Å². The smallest absolute Gasteiger partial charge is 0.323 e. The van der Waals surface area contributed by atoms with Crippen molar-refractivity contribution in [1.82, 2.24) is 15.0 Å². The van der Waals surface area contributed by atoms with Crippen molar-refractivity contribution >= 4 is 40.0 Å². The van der Waals surface area contributed by atoms with Crippen molar-refractivity contribution in [3.63, 3.8) is 0 Å². The van der Waals surface area contributed by atoms with Gasteiger partial charge in [-0.05, 0) is 55.5 Å². The van der Waals surface area contributed by atoms with Gasteiger partial charge in [-0.1, -0.05) is 17.7 Å². The van der Waals surface area contributed by atoms with Crippen molar-refractivity contribution in [2.24, 2.45) is 0 Å². The number of anilines is 2. The van der Waals surface area contributed by atoms with E-state index in [0.717, 1.165) is 11.3 Å². The van der Waals surface area contributed by atoms with Crippen molar-refractivity contribution in [2.75, 3.05) is 10.6 Å². The van der Waals surface area contributed by atoms with Crippen LogP contribution in [0.4, 0.5) is 20.6 Å². The highest BCUT2D eigenvalue weighted by Crippen LogP contribution is 2.28. The zero-order valence-electron chi connectivity index (χ0n) is 19.0. The summed E-state index contributed by atoms with van der Waals surface area (Å²) in [7, 11) is 0. The van der Waals surface area contributed by atoms with Crippen LogP contribution < -0.4 is 15.4 Å². The Morgan fingerprint density at radius 2 is 1.72 bits per heavy atom. The molecule has 0 fully saturated rings. The number of urea groups is 1. The second-order valence-corrected chi connectivity index (χ2v) is 8.40. The molecule has 0 unspecified atom stereocenters. The molecule has 5 rings (SSSR count). The Balaban J connectivity index is 1.34. The second-order valence-electron chi connectivity index (χ2n) is 7.96. The van der Waals surface area contributed by atoms with Gasteiger partial charge in [-0.2, -0.15) is 0 Å². The highest BCUT2D eigenvalue weighted by atomic mass is 35.5. The summed E-state index contributed by atoms with van der Waals surface area (Å²) >= 11 is 5.94. The summed E-state index contributed by atoms with van der Waals surface area (Å²) in [6.45, 7) is 1.92. The van der Waals surface area contributed by atoms with Crippen LogP contribution in [-0.4, -0.2) is 21.0 Å². The number of nitrogens with zero attached hydrogens (tertiary/aromatic N) is 3. The molecule has 0 aliphatic rings. The van der Waals surface area contributed by atoms with Crippen LogP contribution in [0.2, 0.25) is 5.02 Å². The van der Waals surface area contributed by atoms with Crippen LogP contribution in [0.1, 0.15) is 5.69 Å². The minimum absolute atomic E-state index is 0.208. The number of aryl methyl sites for hydroxylation is 1. The Bertz CT molecular complexity index is 1580. The number of nitrogens with one attached hydrogen (secondary N) is 2. The van der Waals surface area contributed by atoms with Crippen LogP contribution >= 0.6 is 11.6 Å². The largest absolute Gasteiger partial charge is 0.457 e. The van der Waals surface area contributed by atoms with Crippen LogP contribution in [0, 0.1) is 12.7 Å². The SMILES string of the molecule is Cc1ccc(-c2cnc3ccc(Oc4cc(F)cc(NC(=O)Nc5cccc(Cl)c5)c4)cc3n2)cn1. The van der Waals surface area contributed by atoms with Crippen molar-refractivity contribution in [2.45, 2.75) is 6.92 Å². The first-order chi connectivity index (χ1) is 17.4. The maximum Gasteiger partial charge on any atom is 0.323 e. The molecule has 178 valence electrons. The number of amides is 2. The molecule has 0 radical (unpaired) electrons. The topological polar surface area (TPSA) is 89.0 Å². The number of benzene rings is 3. The third-order valence-electron chi connectivity index (χ3n) is 5.17. The molecule has 0 aliphatic carbocycles. The predicted octanol–water partition coefficient (Wildman–Crippen LogP) is 7.23. The maximum atomic E-state index is 14.3. The molecule has 9 heteroatoms. The monoisotopic (exact) mass is 499 g/mol. The molecule has 2 heterocycles. The third-order valence-corrected chi connectivity index (χ3v) is 5.40. The molecule has 5 aromatic rings. The van der Waals surface area contributed by atoms with E-state index in [1.807, 2.05) is 19.1 Å². The minimum atomic E-state index is -0.569. The lowest BCUT2D eigenvalue weighted by atomic mass is 10.2. The number of pyridine rings is 1. The van der Waals surface area contributed by atoms with Gasteiger partial charge < -0.3 is 15.4 Å². The number of ether oxygens (including phenoxy) is 1. The highest BCUT2D eigenvalue weighted by Gasteiger charge is 2.10. The fourth-order valence-corrected chi connectivity index (χ4v) is 3.69. The lowest BCUT2D eigenvalue weighted by Gasteiger charge is -2.11. The van der Waals surface area contributed by atoms with Crippen molar-refractivity contribution in [3.05, 3.63) is 102 Å². The van der Waals surface area contributed by atoms with Crippen LogP contribution in [0.25, 0.3) is 22.3 Å². The lowest BCUT2D eigenvalue weighted by molar-refractivity contribution is 0.262. The molecule has 0 saturated carbocycles. The van der Waals surface area contributed by atoms with Crippen LogP contribution in [0.3, 0.4) is 0 Å². The van der Waals surface area contributed by atoms with Crippen molar-refractivity contribution in [1.29, 1.82) is 0 Å². The van der Waals surface area contributed by atoms with Gasteiger partial charge in [0.1, 0.15) is 17.3 Å². The summed E-state index contributed by atoms with van der Waals surface area (Å²) < 4.78 is 20.2. The Labute approximate surface area is 211 Å². The molecular formula is C27H19ClFN5O2. The number of aromatic nitrogens is 3. The van der Waals surface area contributed by atoms with Crippen LogP contribution in [0.5, 0.6) is 11.5 Å². The van der Waals surface area contributed by atoms with E-state index < -0.39 is 11.8 Å². The lowest BCUT2D eigenvalue weighted by Crippen LogP contribution is -2.19. The van der Waals surface area contributed by atoms with E-state index in [1.165, 1.54) is 18.2 Å². The highest BCUT2D eigenvalue weighted by molar-refractivity contribution is 6.30. The molecule has 0 spiro atoms. The normalized spacial score (nSPS) is 10.8. The van der Waals surface area contributed by atoms with E-state index in [0.29, 0.717) is 33.2 Å². The fraction of sp³-hybridized carbons (Fsp3) is 0.0370. The van der Waals surface area contributed by atoms with Crippen LogP contribution in [0.15, 0.2) is 85.2 Å². The Morgan fingerprint density at radius 1 is 0.861 bits per heavy atom. The van der Waals surface area contributed by atoms with Gasteiger partial charge in [0.2, 0.25) is 0 Å². The van der Waals surface area contributed by atoms with Gasteiger partial charge in [0, 0.05) is 52.1 Å². The standard InChI is InChI=1S/C27H19ClFN5O2/c1-16-5-6-17(14-30-16)26-15-31-24-8-7-22(13-25(24)34-26)36-23-11-19(29)10-21(12-23)33-27(35)32-20-4-2-3-18(28)9-20/h2-15H,1H3,(H2,32,33,35). The van der Waals surface area contributed by atoms with E-state index >= 15 is 0 Å². The first-order valence-electron chi connectivity index (χ1n) is 10.9.